The fourth-order valence-corrected chi connectivity index (χ4v) is 2.46. The van der Waals surface area contributed by atoms with Gasteiger partial charge in [-0.3, -0.25) is 4.99 Å². The number of ether oxygens (including phenoxy) is 1. The Morgan fingerprint density at radius 3 is 3.12 bits per heavy atom. The first kappa shape index (κ1) is 9.70. The van der Waals surface area contributed by atoms with Crippen molar-refractivity contribution in [3.05, 3.63) is 29.8 Å². The van der Waals surface area contributed by atoms with Gasteiger partial charge in [-0.25, -0.2) is 0 Å². The van der Waals surface area contributed by atoms with Gasteiger partial charge < -0.3 is 10.1 Å². The van der Waals surface area contributed by atoms with E-state index in [0.717, 1.165) is 44.1 Å². The van der Waals surface area contributed by atoms with Gasteiger partial charge in [-0.05, 0) is 18.9 Å². The lowest BCUT2D eigenvalue weighted by Crippen LogP contribution is -2.25. The van der Waals surface area contributed by atoms with Gasteiger partial charge in [0.1, 0.15) is 11.6 Å². The van der Waals surface area contributed by atoms with E-state index in [1.54, 1.807) is 0 Å². The molecule has 0 aliphatic carbocycles. The second-order valence-electron chi connectivity index (χ2n) is 4.27. The summed E-state index contributed by atoms with van der Waals surface area (Å²) in [4.78, 5) is 4.55. The van der Waals surface area contributed by atoms with Crippen molar-refractivity contribution < 1.29 is 4.74 Å². The van der Waals surface area contributed by atoms with Crippen LogP contribution in [0.3, 0.4) is 0 Å². The van der Waals surface area contributed by atoms with Crippen LogP contribution >= 0.6 is 0 Å². The average Bonchev–Trinajstić information content (AvgIpc) is 2.76. The predicted octanol–water partition coefficient (Wildman–Crippen LogP) is 1.94. The van der Waals surface area contributed by atoms with E-state index in [1.165, 1.54) is 5.56 Å². The smallest absolute Gasteiger partial charge is 0.123 e. The number of para-hydroxylation sites is 1. The number of amidine groups is 1. The second kappa shape index (κ2) is 4.16. The average molecular weight is 216 g/mol. The van der Waals surface area contributed by atoms with Gasteiger partial charge in [0, 0.05) is 18.0 Å². The Morgan fingerprint density at radius 1 is 1.31 bits per heavy atom. The Kier molecular flexibility index (Phi) is 2.52. The van der Waals surface area contributed by atoms with Gasteiger partial charge >= 0.3 is 0 Å². The summed E-state index contributed by atoms with van der Waals surface area (Å²) in [5, 5.41) is 3.39. The van der Waals surface area contributed by atoms with Gasteiger partial charge in [0.25, 0.3) is 0 Å². The van der Waals surface area contributed by atoms with E-state index in [1.807, 2.05) is 6.07 Å². The summed E-state index contributed by atoms with van der Waals surface area (Å²) in [5.74, 6) is 2.58. The van der Waals surface area contributed by atoms with Crippen molar-refractivity contribution in [1.82, 2.24) is 5.32 Å². The zero-order valence-corrected chi connectivity index (χ0v) is 9.28. The largest absolute Gasteiger partial charge is 0.493 e. The predicted molar refractivity (Wildman–Crippen MR) is 64.2 cm³/mol. The lowest BCUT2D eigenvalue weighted by Gasteiger charge is -2.16. The Balaban J connectivity index is 1.99. The maximum atomic E-state index is 5.76. The number of nitrogens with one attached hydrogen (secondary N) is 1. The molecule has 0 amide bonds. The minimum absolute atomic E-state index is 0.404. The Morgan fingerprint density at radius 2 is 2.25 bits per heavy atom. The van der Waals surface area contributed by atoms with Crippen molar-refractivity contribution in [3.63, 3.8) is 0 Å². The molecule has 0 radical (unpaired) electrons. The van der Waals surface area contributed by atoms with Crippen LogP contribution in [0.25, 0.3) is 0 Å². The van der Waals surface area contributed by atoms with Crippen LogP contribution in [0.15, 0.2) is 29.3 Å². The zero-order valence-electron chi connectivity index (χ0n) is 9.28. The van der Waals surface area contributed by atoms with E-state index in [-0.39, 0.29) is 0 Å². The van der Waals surface area contributed by atoms with Gasteiger partial charge in [0.05, 0.1) is 13.2 Å². The molecular formula is C13H16N2O. The van der Waals surface area contributed by atoms with Gasteiger partial charge in [-0.15, -0.1) is 0 Å². The maximum Gasteiger partial charge on any atom is 0.123 e. The number of hydrogen-bond donors (Lipinski definition) is 1. The number of hydrogen-bond acceptors (Lipinski definition) is 3. The highest BCUT2D eigenvalue weighted by molar-refractivity contribution is 5.90. The third-order valence-corrected chi connectivity index (χ3v) is 3.22. The minimum Gasteiger partial charge on any atom is -0.493 e. The minimum atomic E-state index is 0.404. The highest BCUT2D eigenvalue weighted by atomic mass is 16.5. The molecule has 0 fully saturated rings. The molecule has 2 aliphatic rings. The first-order valence-electron chi connectivity index (χ1n) is 5.95. The molecule has 0 bridgehead atoms. The molecule has 0 aromatic heterocycles. The molecule has 1 aromatic carbocycles. The van der Waals surface area contributed by atoms with E-state index < -0.39 is 0 Å². The summed E-state index contributed by atoms with van der Waals surface area (Å²) in [6.07, 6.45) is 2.23. The maximum absolute atomic E-state index is 5.76. The monoisotopic (exact) mass is 216 g/mol. The van der Waals surface area contributed by atoms with Crippen molar-refractivity contribution in [2.45, 2.75) is 18.8 Å². The quantitative estimate of drug-likeness (QED) is 0.778. The molecule has 3 nitrogen and oxygen atoms in total. The molecule has 1 aromatic rings. The van der Waals surface area contributed by atoms with Crippen molar-refractivity contribution in [3.8, 4) is 5.75 Å². The summed E-state index contributed by atoms with van der Waals surface area (Å²) in [6.45, 7) is 2.71. The van der Waals surface area contributed by atoms with Crippen LogP contribution in [-0.2, 0) is 0 Å². The van der Waals surface area contributed by atoms with Gasteiger partial charge in [-0.1, -0.05) is 18.2 Å². The third-order valence-electron chi connectivity index (χ3n) is 3.22. The van der Waals surface area contributed by atoms with Crippen molar-refractivity contribution >= 4 is 5.84 Å². The summed E-state index contributed by atoms with van der Waals surface area (Å²) < 4.78 is 5.76. The number of aliphatic imine (C=N–C) groups is 1. The van der Waals surface area contributed by atoms with Crippen LogP contribution < -0.4 is 10.1 Å². The number of benzene rings is 1. The van der Waals surface area contributed by atoms with Crippen LogP contribution in [0, 0.1) is 0 Å². The molecule has 2 aliphatic heterocycles. The van der Waals surface area contributed by atoms with E-state index >= 15 is 0 Å². The molecule has 0 saturated heterocycles. The Hall–Kier alpha value is -1.51. The fraction of sp³-hybridized carbons (Fsp3) is 0.462. The van der Waals surface area contributed by atoms with E-state index in [4.69, 9.17) is 4.74 Å². The molecule has 3 heteroatoms. The molecule has 0 spiro atoms. The highest BCUT2D eigenvalue weighted by Crippen LogP contribution is 2.33. The molecule has 16 heavy (non-hydrogen) atoms. The highest BCUT2D eigenvalue weighted by Gasteiger charge is 2.25. The van der Waals surface area contributed by atoms with E-state index in [0.29, 0.717) is 5.92 Å². The van der Waals surface area contributed by atoms with E-state index in [2.05, 4.69) is 28.5 Å². The Bertz CT molecular complexity index is 414. The topological polar surface area (TPSA) is 33.6 Å². The molecule has 3 rings (SSSR count). The summed E-state index contributed by atoms with van der Waals surface area (Å²) >= 11 is 0. The Labute approximate surface area is 95.5 Å². The summed E-state index contributed by atoms with van der Waals surface area (Å²) in [5.41, 5.74) is 1.29. The SMILES string of the molecule is c1ccc2c(c1)OCCCC2C1=NCCN1. The second-order valence-corrected chi connectivity index (χ2v) is 4.27. The van der Waals surface area contributed by atoms with Gasteiger partial charge in [0.15, 0.2) is 0 Å². The van der Waals surface area contributed by atoms with Crippen LogP contribution in [0.2, 0.25) is 0 Å². The summed E-state index contributed by atoms with van der Waals surface area (Å²) in [6, 6.07) is 8.33. The van der Waals surface area contributed by atoms with Gasteiger partial charge in [-0.2, -0.15) is 0 Å². The molecule has 1 atom stereocenters. The van der Waals surface area contributed by atoms with Gasteiger partial charge in [0.2, 0.25) is 0 Å². The van der Waals surface area contributed by atoms with Crippen molar-refractivity contribution in [2.75, 3.05) is 19.7 Å². The standard InChI is InChI=1S/C13H16N2O/c1-2-6-12-10(4-1)11(5-3-9-16-12)13-14-7-8-15-13/h1-2,4,6,11H,3,5,7-9H2,(H,14,15). The third kappa shape index (κ3) is 1.66. The molecule has 84 valence electrons. The lowest BCUT2D eigenvalue weighted by molar-refractivity contribution is 0.316. The molecule has 1 N–H and O–H groups in total. The zero-order chi connectivity index (χ0) is 10.8. The van der Waals surface area contributed by atoms with Crippen molar-refractivity contribution in [2.24, 2.45) is 4.99 Å². The number of fused-ring (bicyclic) bond motifs is 1. The van der Waals surface area contributed by atoms with Crippen LogP contribution in [0.4, 0.5) is 0 Å². The fourth-order valence-electron chi connectivity index (χ4n) is 2.46. The molecule has 1 unspecified atom stereocenters. The molecular weight excluding hydrogens is 200 g/mol. The molecule has 2 heterocycles. The number of nitrogens with zero attached hydrogens (tertiary/aromatic N) is 1. The molecule has 0 saturated carbocycles. The first-order valence-corrected chi connectivity index (χ1v) is 5.95. The van der Waals surface area contributed by atoms with Crippen molar-refractivity contribution in [1.29, 1.82) is 0 Å². The van der Waals surface area contributed by atoms with Crippen LogP contribution in [0.5, 0.6) is 5.75 Å². The lowest BCUT2D eigenvalue weighted by atomic mass is 9.93. The van der Waals surface area contributed by atoms with E-state index in [9.17, 15) is 0 Å². The summed E-state index contributed by atoms with van der Waals surface area (Å²) in [7, 11) is 0. The normalized spacial score (nSPS) is 23.8. The first-order chi connectivity index (χ1) is 7.95. The number of rotatable bonds is 1. The van der Waals surface area contributed by atoms with Crippen LogP contribution in [0.1, 0.15) is 24.3 Å². The van der Waals surface area contributed by atoms with Crippen LogP contribution in [-0.4, -0.2) is 25.5 Å².